The van der Waals surface area contributed by atoms with Gasteiger partial charge in [-0.3, -0.25) is 4.79 Å². The topological polar surface area (TPSA) is 46.5 Å². The number of methoxy groups -OCH3 is 1. The van der Waals surface area contributed by atoms with Crippen molar-refractivity contribution in [2.45, 2.75) is 25.9 Å². The van der Waals surface area contributed by atoms with Crippen molar-refractivity contribution in [3.8, 4) is 0 Å². The maximum absolute atomic E-state index is 11.0. The smallest absolute Gasteiger partial charge is 0.309 e. The summed E-state index contributed by atoms with van der Waals surface area (Å²) in [7, 11) is 1.39. The van der Waals surface area contributed by atoms with Gasteiger partial charge in [0.15, 0.2) is 0 Å². The normalized spacial score (nSPS) is 37.2. The van der Waals surface area contributed by atoms with Crippen molar-refractivity contribution in [3.63, 3.8) is 0 Å². The molecule has 1 N–H and O–H groups in total. The fraction of sp³-hybridized carbons (Fsp3) is 0.875. The summed E-state index contributed by atoms with van der Waals surface area (Å²) in [4.78, 5) is 11.0. The van der Waals surface area contributed by atoms with Crippen LogP contribution in [0.2, 0.25) is 0 Å². The van der Waals surface area contributed by atoms with E-state index in [0.29, 0.717) is 6.42 Å². The van der Waals surface area contributed by atoms with Crippen LogP contribution < -0.4 is 0 Å². The molecular formula is C8H14O3. The Kier molecular flexibility index (Phi) is 2.49. The molecule has 64 valence electrons. The largest absolute Gasteiger partial charge is 0.469 e. The van der Waals surface area contributed by atoms with Crippen LogP contribution in [-0.2, 0) is 9.53 Å². The van der Waals surface area contributed by atoms with E-state index in [1.54, 1.807) is 0 Å². The van der Waals surface area contributed by atoms with Crippen molar-refractivity contribution in [1.29, 1.82) is 0 Å². The summed E-state index contributed by atoms with van der Waals surface area (Å²) in [5.41, 5.74) is 0. The maximum Gasteiger partial charge on any atom is 0.309 e. The van der Waals surface area contributed by atoms with E-state index in [-0.39, 0.29) is 23.9 Å². The van der Waals surface area contributed by atoms with E-state index < -0.39 is 0 Å². The number of hydrogen-bond acceptors (Lipinski definition) is 3. The summed E-state index contributed by atoms with van der Waals surface area (Å²) >= 11 is 0. The number of rotatable bonds is 1. The molecule has 3 atom stereocenters. The average molecular weight is 158 g/mol. The number of carbonyl (C=O) groups is 1. The van der Waals surface area contributed by atoms with Gasteiger partial charge in [0.05, 0.1) is 19.1 Å². The zero-order valence-corrected chi connectivity index (χ0v) is 6.91. The van der Waals surface area contributed by atoms with Gasteiger partial charge >= 0.3 is 5.97 Å². The van der Waals surface area contributed by atoms with Crippen molar-refractivity contribution in [1.82, 2.24) is 0 Å². The Balaban J connectivity index is 2.52. The highest BCUT2D eigenvalue weighted by Gasteiger charge is 2.35. The predicted octanol–water partition coefficient (Wildman–Crippen LogP) is 0.566. The molecule has 3 nitrogen and oxygen atoms in total. The second-order valence-corrected chi connectivity index (χ2v) is 3.23. The van der Waals surface area contributed by atoms with E-state index in [2.05, 4.69) is 4.74 Å². The molecule has 1 aliphatic rings. The summed E-state index contributed by atoms with van der Waals surface area (Å²) in [6.45, 7) is 1.97. The second-order valence-electron chi connectivity index (χ2n) is 3.23. The maximum atomic E-state index is 11.0. The Morgan fingerprint density at radius 3 is 2.55 bits per heavy atom. The van der Waals surface area contributed by atoms with E-state index >= 15 is 0 Å². The molecule has 0 aliphatic heterocycles. The molecule has 1 rings (SSSR count). The first-order valence-electron chi connectivity index (χ1n) is 3.91. The molecule has 0 bridgehead atoms. The molecule has 0 heterocycles. The van der Waals surface area contributed by atoms with Gasteiger partial charge < -0.3 is 9.84 Å². The molecule has 0 radical (unpaired) electrons. The Bertz CT molecular complexity index is 155. The van der Waals surface area contributed by atoms with Crippen LogP contribution >= 0.6 is 0 Å². The summed E-state index contributed by atoms with van der Waals surface area (Å²) < 4.78 is 4.60. The van der Waals surface area contributed by atoms with E-state index in [1.807, 2.05) is 6.92 Å². The highest BCUT2D eigenvalue weighted by atomic mass is 16.5. The van der Waals surface area contributed by atoms with Crippen LogP contribution in [0.1, 0.15) is 19.8 Å². The van der Waals surface area contributed by atoms with E-state index in [9.17, 15) is 9.90 Å². The minimum absolute atomic E-state index is 0.0880. The molecule has 0 spiro atoms. The molecule has 0 unspecified atom stereocenters. The molecule has 1 aliphatic carbocycles. The van der Waals surface area contributed by atoms with E-state index in [0.717, 1.165) is 6.42 Å². The Morgan fingerprint density at radius 1 is 1.55 bits per heavy atom. The summed E-state index contributed by atoms with van der Waals surface area (Å²) in [6, 6.07) is 0. The average Bonchev–Trinajstić information content (AvgIpc) is 2.28. The van der Waals surface area contributed by atoms with Crippen LogP contribution in [0.4, 0.5) is 0 Å². The third-order valence-electron chi connectivity index (χ3n) is 2.36. The summed E-state index contributed by atoms with van der Waals surface area (Å²) in [5, 5.41) is 9.21. The van der Waals surface area contributed by atoms with Crippen molar-refractivity contribution in [2.24, 2.45) is 11.8 Å². The summed E-state index contributed by atoms with van der Waals surface area (Å²) in [5.74, 6) is -0.0125. The van der Waals surface area contributed by atoms with Crippen molar-refractivity contribution >= 4 is 5.97 Å². The third kappa shape index (κ3) is 1.71. The molecular weight excluding hydrogens is 144 g/mol. The van der Waals surface area contributed by atoms with Gasteiger partial charge in [-0.15, -0.1) is 0 Å². The van der Waals surface area contributed by atoms with Crippen LogP contribution in [0.3, 0.4) is 0 Å². The number of ether oxygens (including phenoxy) is 1. The fourth-order valence-electron chi connectivity index (χ4n) is 1.69. The predicted molar refractivity (Wildman–Crippen MR) is 39.9 cm³/mol. The van der Waals surface area contributed by atoms with Crippen molar-refractivity contribution < 1.29 is 14.6 Å². The van der Waals surface area contributed by atoms with Crippen LogP contribution in [0, 0.1) is 11.8 Å². The van der Waals surface area contributed by atoms with Crippen LogP contribution in [-0.4, -0.2) is 24.3 Å². The van der Waals surface area contributed by atoms with Gasteiger partial charge in [0.2, 0.25) is 0 Å². The first-order chi connectivity index (χ1) is 5.15. The van der Waals surface area contributed by atoms with E-state index in [1.165, 1.54) is 7.11 Å². The molecule has 3 heteroatoms. The quantitative estimate of drug-likeness (QED) is 0.567. The number of aliphatic hydroxyl groups excluding tert-OH is 1. The number of carbonyl (C=O) groups excluding carboxylic acids is 1. The number of esters is 1. The first-order valence-corrected chi connectivity index (χ1v) is 3.91. The lowest BCUT2D eigenvalue weighted by Gasteiger charge is -2.10. The lowest BCUT2D eigenvalue weighted by atomic mass is 9.99. The Labute approximate surface area is 66.4 Å². The highest BCUT2D eigenvalue weighted by Crippen LogP contribution is 2.32. The standard InChI is InChI=1S/C8H14O3/c1-5-3-6(9)4-7(5)8(10)11-2/h5-7,9H,3-4H2,1-2H3/t5-,6+,7-/m1/s1. The zero-order valence-electron chi connectivity index (χ0n) is 6.91. The minimum atomic E-state index is -0.311. The van der Waals surface area contributed by atoms with Crippen LogP contribution in [0.5, 0.6) is 0 Å². The molecule has 0 saturated heterocycles. The lowest BCUT2D eigenvalue weighted by molar-refractivity contribution is -0.146. The lowest BCUT2D eigenvalue weighted by Crippen LogP contribution is -2.18. The van der Waals surface area contributed by atoms with Gasteiger partial charge in [0, 0.05) is 0 Å². The molecule has 1 saturated carbocycles. The second kappa shape index (κ2) is 3.22. The van der Waals surface area contributed by atoms with Crippen molar-refractivity contribution in [2.75, 3.05) is 7.11 Å². The Morgan fingerprint density at radius 2 is 2.18 bits per heavy atom. The van der Waals surface area contributed by atoms with Gasteiger partial charge in [-0.1, -0.05) is 6.92 Å². The number of hydrogen-bond donors (Lipinski definition) is 1. The van der Waals surface area contributed by atoms with E-state index in [4.69, 9.17) is 0 Å². The van der Waals surface area contributed by atoms with Gasteiger partial charge in [-0.2, -0.15) is 0 Å². The van der Waals surface area contributed by atoms with Gasteiger partial charge in [0.1, 0.15) is 0 Å². The monoisotopic (exact) mass is 158 g/mol. The molecule has 0 amide bonds. The highest BCUT2D eigenvalue weighted by molar-refractivity contribution is 5.73. The SMILES string of the molecule is COC(=O)[C@@H]1C[C@@H](O)C[C@H]1C. The first kappa shape index (κ1) is 8.53. The van der Waals surface area contributed by atoms with Gasteiger partial charge in [0.25, 0.3) is 0 Å². The summed E-state index contributed by atoms with van der Waals surface area (Å²) in [6.07, 6.45) is 0.974. The zero-order chi connectivity index (χ0) is 8.43. The molecule has 0 aromatic carbocycles. The third-order valence-corrected chi connectivity index (χ3v) is 2.36. The van der Waals surface area contributed by atoms with Crippen LogP contribution in [0.25, 0.3) is 0 Å². The van der Waals surface area contributed by atoms with Crippen molar-refractivity contribution in [3.05, 3.63) is 0 Å². The molecule has 1 fully saturated rings. The molecule has 11 heavy (non-hydrogen) atoms. The van der Waals surface area contributed by atoms with Gasteiger partial charge in [-0.05, 0) is 18.8 Å². The fourth-order valence-corrected chi connectivity index (χ4v) is 1.69. The molecule has 0 aromatic rings. The molecule has 0 aromatic heterocycles. The van der Waals surface area contributed by atoms with Gasteiger partial charge in [-0.25, -0.2) is 0 Å². The number of aliphatic hydroxyl groups is 1. The van der Waals surface area contributed by atoms with Crippen LogP contribution in [0.15, 0.2) is 0 Å². The minimum Gasteiger partial charge on any atom is -0.469 e. The Hall–Kier alpha value is -0.570.